The van der Waals surface area contributed by atoms with Gasteiger partial charge in [-0.15, -0.1) is 0 Å². The third-order valence-corrected chi connectivity index (χ3v) is 4.04. The number of nitrogens with one attached hydrogen (secondary N) is 1. The molecule has 0 spiro atoms. The van der Waals surface area contributed by atoms with Crippen molar-refractivity contribution in [1.29, 1.82) is 0 Å². The second-order valence-electron chi connectivity index (χ2n) is 5.64. The topological polar surface area (TPSA) is 58.4 Å². The molecule has 2 rings (SSSR count). The van der Waals surface area contributed by atoms with E-state index < -0.39 is 0 Å². The molecule has 0 bridgehead atoms. The first-order valence-electron chi connectivity index (χ1n) is 7.50. The Morgan fingerprint density at radius 3 is 2.26 bits per heavy atom. The van der Waals surface area contributed by atoms with Crippen LogP contribution in [0.5, 0.6) is 0 Å². The van der Waals surface area contributed by atoms with Gasteiger partial charge in [-0.3, -0.25) is 4.79 Å². The minimum absolute atomic E-state index is 0.0829. The highest BCUT2D eigenvalue weighted by atomic mass is 35.5. The summed E-state index contributed by atoms with van der Waals surface area (Å²) in [6.07, 6.45) is 0. The lowest BCUT2D eigenvalue weighted by atomic mass is 10.1. The predicted octanol–water partition coefficient (Wildman–Crippen LogP) is 2.83. The van der Waals surface area contributed by atoms with Crippen LogP contribution in [0, 0.1) is 0 Å². The van der Waals surface area contributed by atoms with Crippen molar-refractivity contribution < 1.29 is 4.79 Å². The van der Waals surface area contributed by atoms with E-state index >= 15 is 0 Å². The molecule has 5 heteroatoms. The van der Waals surface area contributed by atoms with Crippen molar-refractivity contribution >= 4 is 17.5 Å². The van der Waals surface area contributed by atoms with Gasteiger partial charge in [0.2, 0.25) is 0 Å². The van der Waals surface area contributed by atoms with Crippen LogP contribution in [0.1, 0.15) is 27.5 Å². The standard InChI is InChI=1S/C18H22ClN3O/c1-22(2)17(14-7-9-16(19)10-8-14)12-21-18(23)15-5-3-13(11-20)4-6-15/h3-10,17H,11-12,20H2,1-2H3,(H,21,23). The molecule has 0 heterocycles. The Balaban J connectivity index is 2.03. The molecule has 0 aliphatic rings. The van der Waals surface area contributed by atoms with Crippen molar-refractivity contribution in [3.05, 3.63) is 70.2 Å². The van der Waals surface area contributed by atoms with Crippen LogP contribution >= 0.6 is 11.6 Å². The van der Waals surface area contributed by atoms with Gasteiger partial charge in [-0.2, -0.15) is 0 Å². The lowest BCUT2D eigenvalue weighted by Crippen LogP contribution is -2.34. The summed E-state index contributed by atoms with van der Waals surface area (Å²) in [5.41, 5.74) is 8.32. The third-order valence-electron chi connectivity index (χ3n) is 3.79. The fourth-order valence-electron chi connectivity index (χ4n) is 2.37. The average molecular weight is 332 g/mol. The second kappa shape index (κ2) is 8.11. The van der Waals surface area contributed by atoms with E-state index in [-0.39, 0.29) is 11.9 Å². The van der Waals surface area contributed by atoms with E-state index in [0.29, 0.717) is 23.7 Å². The van der Waals surface area contributed by atoms with Crippen LogP contribution in [-0.2, 0) is 6.54 Å². The van der Waals surface area contributed by atoms with Crippen molar-refractivity contribution in [2.75, 3.05) is 20.6 Å². The van der Waals surface area contributed by atoms with Crippen molar-refractivity contribution in [2.24, 2.45) is 5.73 Å². The second-order valence-corrected chi connectivity index (χ2v) is 6.08. The first-order chi connectivity index (χ1) is 11.0. The monoisotopic (exact) mass is 331 g/mol. The zero-order chi connectivity index (χ0) is 16.8. The highest BCUT2D eigenvalue weighted by molar-refractivity contribution is 6.30. The maximum Gasteiger partial charge on any atom is 0.251 e. The van der Waals surface area contributed by atoms with E-state index in [1.807, 2.05) is 50.5 Å². The molecule has 0 radical (unpaired) electrons. The van der Waals surface area contributed by atoms with Crippen LogP contribution in [0.3, 0.4) is 0 Å². The van der Waals surface area contributed by atoms with E-state index in [0.717, 1.165) is 11.1 Å². The van der Waals surface area contributed by atoms with Crippen LogP contribution in [-0.4, -0.2) is 31.4 Å². The quantitative estimate of drug-likeness (QED) is 0.855. The molecule has 4 nitrogen and oxygen atoms in total. The fraction of sp³-hybridized carbons (Fsp3) is 0.278. The normalized spacial score (nSPS) is 12.2. The lowest BCUT2D eigenvalue weighted by molar-refractivity contribution is 0.0942. The van der Waals surface area contributed by atoms with Crippen LogP contribution in [0.2, 0.25) is 5.02 Å². The molecular weight excluding hydrogens is 310 g/mol. The summed E-state index contributed by atoms with van der Waals surface area (Å²) >= 11 is 5.94. The number of likely N-dealkylation sites (N-methyl/N-ethyl adjacent to an activating group) is 1. The number of nitrogens with zero attached hydrogens (tertiary/aromatic N) is 1. The summed E-state index contributed by atoms with van der Waals surface area (Å²) in [5, 5.41) is 3.69. The predicted molar refractivity (Wildman–Crippen MR) is 94.5 cm³/mol. The Morgan fingerprint density at radius 1 is 1.13 bits per heavy atom. The van der Waals surface area contributed by atoms with Crippen LogP contribution in [0.15, 0.2) is 48.5 Å². The molecular formula is C18H22ClN3O. The summed E-state index contributed by atoms with van der Waals surface area (Å²) in [5.74, 6) is -0.0885. The Labute approximate surface area is 142 Å². The third kappa shape index (κ3) is 4.79. The van der Waals surface area contributed by atoms with E-state index in [9.17, 15) is 4.79 Å². The van der Waals surface area contributed by atoms with Crippen molar-refractivity contribution in [2.45, 2.75) is 12.6 Å². The zero-order valence-electron chi connectivity index (χ0n) is 13.4. The number of nitrogens with two attached hydrogens (primary N) is 1. The van der Waals surface area contributed by atoms with Gasteiger partial charge in [0.15, 0.2) is 0 Å². The van der Waals surface area contributed by atoms with Crippen LogP contribution in [0.4, 0.5) is 0 Å². The van der Waals surface area contributed by atoms with Gasteiger partial charge >= 0.3 is 0 Å². The smallest absolute Gasteiger partial charge is 0.251 e. The molecule has 0 aliphatic heterocycles. The largest absolute Gasteiger partial charge is 0.350 e. The Bertz CT molecular complexity index is 638. The average Bonchev–Trinajstić information content (AvgIpc) is 2.56. The zero-order valence-corrected chi connectivity index (χ0v) is 14.2. The number of amides is 1. The van der Waals surface area contributed by atoms with E-state index in [2.05, 4.69) is 10.2 Å². The van der Waals surface area contributed by atoms with Gasteiger partial charge in [-0.05, 0) is 49.5 Å². The minimum atomic E-state index is -0.0885. The molecule has 0 aliphatic carbocycles. The number of carbonyl (C=O) groups is 1. The van der Waals surface area contributed by atoms with Gasteiger partial charge in [0.25, 0.3) is 5.91 Å². The fourth-order valence-corrected chi connectivity index (χ4v) is 2.49. The number of carbonyl (C=O) groups excluding carboxylic acids is 1. The molecule has 0 saturated heterocycles. The van der Waals surface area contributed by atoms with Crippen molar-refractivity contribution in [1.82, 2.24) is 10.2 Å². The molecule has 2 aromatic rings. The van der Waals surface area contributed by atoms with Crippen molar-refractivity contribution in [3.8, 4) is 0 Å². The molecule has 1 unspecified atom stereocenters. The number of benzene rings is 2. The molecule has 2 aromatic carbocycles. The van der Waals surface area contributed by atoms with Crippen LogP contribution in [0.25, 0.3) is 0 Å². The van der Waals surface area contributed by atoms with Crippen molar-refractivity contribution in [3.63, 3.8) is 0 Å². The first-order valence-corrected chi connectivity index (χ1v) is 7.88. The summed E-state index contributed by atoms with van der Waals surface area (Å²) < 4.78 is 0. The maximum atomic E-state index is 12.3. The Morgan fingerprint density at radius 2 is 1.74 bits per heavy atom. The van der Waals surface area contributed by atoms with Gasteiger partial charge < -0.3 is 16.0 Å². The summed E-state index contributed by atoms with van der Waals surface area (Å²) in [6.45, 7) is 0.993. The number of halogens is 1. The molecule has 0 aromatic heterocycles. The molecule has 3 N–H and O–H groups in total. The summed E-state index contributed by atoms with van der Waals surface area (Å²) in [6, 6.07) is 15.1. The molecule has 122 valence electrons. The van der Waals surface area contributed by atoms with Gasteiger partial charge in [0, 0.05) is 23.7 Å². The molecule has 0 saturated carbocycles. The summed E-state index contributed by atoms with van der Waals surface area (Å²) in [7, 11) is 3.98. The Kier molecular flexibility index (Phi) is 6.16. The van der Waals surface area contributed by atoms with Gasteiger partial charge in [0.05, 0.1) is 6.04 Å². The van der Waals surface area contributed by atoms with Gasteiger partial charge in [0.1, 0.15) is 0 Å². The summed E-state index contributed by atoms with van der Waals surface area (Å²) in [4.78, 5) is 14.3. The SMILES string of the molecule is CN(C)C(CNC(=O)c1ccc(CN)cc1)c1ccc(Cl)cc1. The van der Waals surface area contributed by atoms with Gasteiger partial charge in [-0.25, -0.2) is 0 Å². The van der Waals surface area contributed by atoms with Crippen LogP contribution < -0.4 is 11.1 Å². The molecule has 0 fully saturated rings. The lowest BCUT2D eigenvalue weighted by Gasteiger charge is -2.25. The Hall–Kier alpha value is -1.88. The minimum Gasteiger partial charge on any atom is -0.350 e. The number of rotatable bonds is 6. The molecule has 23 heavy (non-hydrogen) atoms. The van der Waals surface area contributed by atoms with E-state index in [1.165, 1.54) is 0 Å². The molecule has 1 atom stereocenters. The van der Waals surface area contributed by atoms with E-state index in [4.69, 9.17) is 17.3 Å². The first kappa shape index (κ1) is 17.5. The number of hydrogen-bond donors (Lipinski definition) is 2. The maximum absolute atomic E-state index is 12.3. The van der Waals surface area contributed by atoms with Gasteiger partial charge in [-0.1, -0.05) is 35.9 Å². The number of hydrogen-bond acceptors (Lipinski definition) is 3. The highest BCUT2D eigenvalue weighted by Gasteiger charge is 2.15. The molecule has 1 amide bonds. The van der Waals surface area contributed by atoms with E-state index in [1.54, 1.807) is 12.1 Å². The highest BCUT2D eigenvalue weighted by Crippen LogP contribution is 2.20.